The second-order valence-corrected chi connectivity index (χ2v) is 4.83. The van der Waals surface area contributed by atoms with Crippen molar-refractivity contribution in [1.82, 2.24) is 10.2 Å². The largest absolute Gasteiger partial charge is 0.389 e. The van der Waals surface area contributed by atoms with E-state index < -0.39 is 5.60 Å². The fourth-order valence-corrected chi connectivity index (χ4v) is 1.74. The van der Waals surface area contributed by atoms with Gasteiger partial charge in [-0.1, -0.05) is 6.92 Å². The lowest BCUT2D eigenvalue weighted by atomic mass is 10.0. The van der Waals surface area contributed by atoms with Crippen molar-refractivity contribution in [3.05, 3.63) is 0 Å². The van der Waals surface area contributed by atoms with Crippen molar-refractivity contribution >= 4 is 0 Å². The van der Waals surface area contributed by atoms with Crippen molar-refractivity contribution in [3.63, 3.8) is 0 Å². The highest BCUT2D eigenvalue weighted by Crippen LogP contribution is 2.05. The average molecular weight is 230 g/mol. The van der Waals surface area contributed by atoms with Crippen molar-refractivity contribution < 1.29 is 9.84 Å². The maximum Gasteiger partial charge on any atom is 0.0740 e. The molecule has 0 saturated carbocycles. The van der Waals surface area contributed by atoms with Crippen LogP contribution in [0.15, 0.2) is 0 Å². The standard InChI is InChI=1S/C12H26N2O2/c1-3-12(2,15)11-13-5-4-6-14-7-9-16-10-8-14/h13,15H,3-11H2,1-2H3. The van der Waals surface area contributed by atoms with Crippen LogP contribution in [0.5, 0.6) is 0 Å². The minimum atomic E-state index is -0.557. The fraction of sp³-hybridized carbons (Fsp3) is 1.00. The number of morpholine rings is 1. The molecule has 16 heavy (non-hydrogen) atoms. The molecule has 1 saturated heterocycles. The number of ether oxygens (including phenoxy) is 1. The fourth-order valence-electron chi connectivity index (χ4n) is 1.74. The minimum Gasteiger partial charge on any atom is -0.389 e. The Morgan fingerprint density at radius 2 is 2.06 bits per heavy atom. The number of hydrogen-bond donors (Lipinski definition) is 2. The Balaban J connectivity index is 1.95. The minimum absolute atomic E-state index is 0.557. The average Bonchev–Trinajstić information content (AvgIpc) is 2.30. The van der Waals surface area contributed by atoms with Crippen LogP contribution >= 0.6 is 0 Å². The molecule has 1 aliphatic rings. The molecule has 0 bridgehead atoms. The molecular weight excluding hydrogens is 204 g/mol. The van der Waals surface area contributed by atoms with Gasteiger partial charge in [0.2, 0.25) is 0 Å². The molecule has 1 rings (SSSR count). The third-order valence-electron chi connectivity index (χ3n) is 3.20. The third kappa shape index (κ3) is 5.80. The summed E-state index contributed by atoms with van der Waals surface area (Å²) in [6, 6.07) is 0. The van der Waals surface area contributed by atoms with E-state index in [4.69, 9.17) is 4.74 Å². The molecule has 1 atom stereocenters. The zero-order valence-corrected chi connectivity index (χ0v) is 10.7. The van der Waals surface area contributed by atoms with Gasteiger partial charge in [-0.25, -0.2) is 0 Å². The van der Waals surface area contributed by atoms with E-state index >= 15 is 0 Å². The Hall–Kier alpha value is -0.160. The first kappa shape index (κ1) is 13.9. The van der Waals surface area contributed by atoms with E-state index in [1.807, 2.05) is 13.8 Å². The lowest BCUT2D eigenvalue weighted by Gasteiger charge is -2.27. The smallest absolute Gasteiger partial charge is 0.0740 e. The molecular formula is C12H26N2O2. The summed E-state index contributed by atoms with van der Waals surface area (Å²) in [6.07, 6.45) is 1.93. The SMILES string of the molecule is CCC(C)(O)CNCCCN1CCOCC1. The van der Waals surface area contributed by atoms with E-state index in [1.54, 1.807) is 0 Å². The molecule has 0 aromatic carbocycles. The van der Waals surface area contributed by atoms with Gasteiger partial charge in [-0.2, -0.15) is 0 Å². The molecule has 1 heterocycles. The number of hydrogen-bond acceptors (Lipinski definition) is 4. The molecule has 2 N–H and O–H groups in total. The molecule has 1 fully saturated rings. The van der Waals surface area contributed by atoms with Crippen LogP contribution in [0, 0.1) is 0 Å². The van der Waals surface area contributed by atoms with Gasteiger partial charge in [-0.3, -0.25) is 4.90 Å². The lowest BCUT2D eigenvalue weighted by Crippen LogP contribution is -2.40. The second kappa shape index (κ2) is 7.22. The Morgan fingerprint density at radius 3 is 2.69 bits per heavy atom. The summed E-state index contributed by atoms with van der Waals surface area (Å²) in [5.41, 5.74) is -0.557. The van der Waals surface area contributed by atoms with Gasteiger partial charge in [0, 0.05) is 19.6 Å². The van der Waals surface area contributed by atoms with E-state index in [0.717, 1.165) is 52.2 Å². The highest BCUT2D eigenvalue weighted by molar-refractivity contribution is 4.73. The van der Waals surface area contributed by atoms with Crippen molar-refractivity contribution in [2.75, 3.05) is 45.9 Å². The van der Waals surface area contributed by atoms with Gasteiger partial charge in [0.25, 0.3) is 0 Å². The number of rotatable bonds is 7. The first-order valence-corrected chi connectivity index (χ1v) is 6.37. The molecule has 4 nitrogen and oxygen atoms in total. The summed E-state index contributed by atoms with van der Waals surface area (Å²) in [4.78, 5) is 2.43. The van der Waals surface area contributed by atoms with Crippen LogP contribution in [0.25, 0.3) is 0 Å². The number of aliphatic hydroxyl groups is 1. The van der Waals surface area contributed by atoms with E-state index in [1.165, 1.54) is 0 Å². The molecule has 0 spiro atoms. The van der Waals surface area contributed by atoms with Gasteiger partial charge in [0.1, 0.15) is 0 Å². The van der Waals surface area contributed by atoms with Gasteiger partial charge < -0.3 is 15.2 Å². The molecule has 0 aromatic heterocycles. The second-order valence-electron chi connectivity index (χ2n) is 4.83. The Kier molecular flexibility index (Phi) is 6.28. The van der Waals surface area contributed by atoms with E-state index in [0.29, 0.717) is 6.54 Å². The quantitative estimate of drug-likeness (QED) is 0.624. The molecule has 1 aliphatic heterocycles. The summed E-state index contributed by atoms with van der Waals surface area (Å²) < 4.78 is 5.30. The van der Waals surface area contributed by atoms with Crippen molar-refractivity contribution in [2.24, 2.45) is 0 Å². The Labute approximate surface area is 99.0 Å². The van der Waals surface area contributed by atoms with Crippen LogP contribution in [0.1, 0.15) is 26.7 Å². The van der Waals surface area contributed by atoms with Crippen molar-refractivity contribution in [1.29, 1.82) is 0 Å². The molecule has 1 unspecified atom stereocenters. The van der Waals surface area contributed by atoms with Gasteiger partial charge in [-0.05, 0) is 32.9 Å². The highest BCUT2D eigenvalue weighted by atomic mass is 16.5. The summed E-state index contributed by atoms with van der Waals surface area (Å²) in [7, 11) is 0. The van der Waals surface area contributed by atoms with Gasteiger partial charge in [-0.15, -0.1) is 0 Å². The van der Waals surface area contributed by atoms with E-state index in [9.17, 15) is 5.11 Å². The Bertz CT molecular complexity index is 180. The molecule has 0 aliphatic carbocycles. The first-order chi connectivity index (χ1) is 7.64. The van der Waals surface area contributed by atoms with Gasteiger partial charge in [0.05, 0.1) is 18.8 Å². The zero-order valence-electron chi connectivity index (χ0n) is 10.7. The van der Waals surface area contributed by atoms with Crippen LogP contribution < -0.4 is 5.32 Å². The van der Waals surface area contributed by atoms with Gasteiger partial charge >= 0.3 is 0 Å². The first-order valence-electron chi connectivity index (χ1n) is 6.37. The maximum atomic E-state index is 9.78. The zero-order chi connectivity index (χ0) is 11.9. The molecule has 96 valence electrons. The van der Waals surface area contributed by atoms with E-state index in [-0.39, 0.29) is 0 Å². The van der Waals surface area contributed by atoms with E-state index in [2.05, 4.69) is 10.2 Å². The predicted molar refractivity (Wildman–Crippen MR) is 65.7 cm³/mol. The summed E-state index contributed by atoms with van der Waals surface area (Å²) in [5.74, 6) is 0. The Morgan fingerprint density at radius 1 is 1.38 bits per heavy atom. The van der Waals surface area contributed by atoms with Crippen LogP contribution in [0.2, 0.25) is 0 Å². The maximum absolute atomic E-state index is 9.78. The number of nitrogens with zero attached hydrogens (tertiary/aromatic N) is 1. The van der Waals surface area contributed by atoms with Crippen LogP contribution in [0.4, 0.5) is 0 Å². The summed E-state index contributed by atoms with van der Waals surface area (Å²) in [5, 5.41) is 13.1. The third-order valence-corrected chi connectivity index (χ3v) is 3.20. The van der Waals surface area contributed by atoms with Crippen LogP contribution in [0.3, 0.4) is 0 Å². The summed E-state index contributed by atoms with van der Waals surface area (Å²) in [6.45, 7) is 10.6. The lowest BCUT2D eigenvalue weighted by molar-refractivity contribution is 0.0364. The number of nitrogens with one attached hydrogen (secondary N) is 1. The van der Waals surface area contributed by atoms with Crippen molar-refractivity contribution in [2.45, 2.75) is 32.3 Å². The summed E-state index contributed by atoms with van der Waals surface area (Å²) >= 11 is 0. The molecule has 0 amide bonds. The molecule has 4 heteroatoms. The molecule has 0 aromatic rings. The monoisotopic (exact) mass is 230 g/mol. The van der Waals surface area contributed by atoms with Crippen molar-refractivity contribution in [3.8, 4) is 0 Å². The normalized spacial score (nSPS) is 21.9. The van der Waals surface area contributed by atoms with Crippen LogP contribution in [-0.4, -0.2) is 61.5 Å². The molecule has 0 radical (unpaired) electrons. The predicted octanol–water partition coefficient (Wildman–Crippen LogP) is 0.459. The highest BCUT2D eigenvalue weighted by Gasteiger charge is 2.16. The van der Waals surface area contributed by atoms with Gasteiger partial charge in [0.15, 0.2) is 0 Å². The topological polar surface area (TPSA) is 44.7 Å². The van der Waals surface area contributed by atoms with Crippen LogP contribution in [-0.2, 0) is 4.74 Å².